The molecule has 2 aromatic rings. The van der Waals surface area contributed by atoms with E-state index in [0.717, 1.165) is 43.5 Å². The summed E-state index contributed by atoms with van der Waals surface area (Å²) in [6.45, 7) is 0. The Labute approximate surface area is 183 Å². The molecule has 1 heterocycles. The third kappa shape index (κ3) is 4.63. The van der Waals surface area contributed by atoms with Gasteiger partial charge in [0.25, 0.3) is 5.91 Å². The fraction of sp³-hybridized carbons (Fsp3) is 0.111. The Morgan fingerprint density at radius 3 is 2.33 bits per heavy atom. The van der Waals surface area contributed by atoms with Crippen LogP contribution in [0.1, 0.15) is 5.56 Å². The average molecular weight is 486 g/mol. The lowest BCUT2D eigenvalue weighted by Gasteiger charge is -2.12. The number of rotatable bonds is 5. The van der Waals surface area contributed by atoms with Crippen LogP contribution in [0.5, 0.6) is 11.5 Å². The highest BCUT2D eigenvalue weighted by Crippen LogP contribution is 2.39. The highest BCUT2D eigenvalue weighted by Gasteiger charge is 2.47. The molecule has 2 aromatic carbocycles. The highest BCUT2D eigenvalue weighted by molar-refractivity contribution is 7.89. The first-order chi connectivity index (χ1) is 15.2. The van der Waals surface area contributed by atoms with Crippen molar-refractivity contribution < 1.29 is 41.2 Å². The molecule has 0 bridgehead atoms. The molecule has 15 heteroatoms. The number of amides is 1. The van der Waals surface area contributed by atoms with Gasteiger partial charge in [0, 0.05) is 6.07 Å². The number of nitro benzene ring substituents is 1. The van der Waals surface area contributed by atoms with Crippen LogP contribution in [0.3, 0.4) is 0 Å². The second kappa shape index (κ2) is 8.18. The Morgan fingerprint density at radius 1 is 1.24 bits per heavy atom. The third-order valence-corrected chi connectivity index (χ3v) is 5.29. The molecule has 1 aliphatic rings. The molecule has 1 amide bonds. The lowest BCUT2D eigenvalue weighted by atomic mass is 10.0. The van der Waals surface area contributed by atoms with Crippen LogP contribution in [-0.4, -0.2) is 43.4 Å². The highest BCUT2D eigenvalue weighted by atomic mass is 32.2. The fourth-order valence-corrected chi connectivity index (χ4v) is 3.38. The van der Waals surface area contributed by atoms with Crippen LogP contribution in [0.4, 0.5) is 24.5 Å². The number of nitro groups is 1. The Kier molecular flexibility index (Phi) is 5.87. The van der Waals surface area contributed by atoms with Crippen molar-refractivity contribution in [2.45, 2.75) is 11.1 Å². The zero-order chi connectivity index (χ0) is 24.7. The molecule has 33 heavy (non-hydrogen) atoms. The number of nitrogens with two attached hydrogens (primary N) is 1. The van der Waals surface area contributed by atoms with E-state index in [1.165, 1.54) is 0 Å². The summed E-state index contributed by atoms with van der Waals surface area (Å²) in [6, 6.07) is 5.79. The number of phenolic OH excluding ortho intramolecular Hbond substituents is 1. The second-order valence-electron chi connectivity index (χ2n) is 6.51. The van der Waals surface area contributed by atoms with Crippen LogP contribution >= 0.6 is 0 Å². The van der Waals surface area contributed by atoms with E-state index in [4.69, 9.17) is 9.88 Å². The topological polar surface area (TPSA) is 165 Å². The van der Waals surface area contributed by atoms with Gasteiger partial charge in [-0.1, -0.05) is 0 Å². The predicted octanol–water partition coefficient (Wildman–Crippen LogP) is 2.30. The van der Waals surface area contributed by atoms with Crippen molar-refractivity contribution >= 4 is 39.1 Å². The number of primary sulfonamides is 1. The van der Waals surface area contributed by atoms with Crippen molar-refractivity contribution in [2.24, 2.45) is 10.2 Å². The number of halogens is 3. The molecule has 0 fully saturated rings. The lowest BCUT2D eigenvalue weighted by Crippen LogP contribution is -2.25. The molecule has 0 spiro atoms. The number of hydrogen-bond donors (Lipinski definition) is 2. The van der Waals surface area contributed by atoms with E-state index in [0.29, 0.717) is 11.1 Å². The Hall–Kier alpha value is -3.98. The number of carbonyl (C=O) groups is 1. The van der Waals surface area contributed by atoms with Crippen LogP contribution in [0.2, 0.25) is 0 Å². The van der Waals surface area contributed by atoms with Crippen molar-refractivity contribution in [2.75, 3.05) is 12.1 Å². The first-order valence-electron chi connectivity index (χ1n) is 8.64. The fourth-order valence-electron chi connectivity index (χ4n) is 2.86. The predicted molar refractivity (Wildman–Crippen MR) is 108 cm³/mol. The maximum absolute atomic E-state index is 13.6. The number of hydrogen-bond acceptors (Lipinski definition) is 8. The van der Waals surface area contributed by atoms with Gasteiger partial charge in [-0.3, -0.25) is 14.9 Å². The van der Waals surface area contributed by atoms with Crippen LogP contribution in [-0.2, 0) is 14.8 Å². The zero-order valence-corrected chi connectivity index (χ0v) is 17.2. The summed E-state index contributed by atoms with van der Waals surface area (Å²) < 4.78 is 68.3. The molecule has 0 aliphatic carbocycles. The number of alkyl halides is 3. The first-order valence-corrected chi connectivity index (χ1v) is 10.2. The van der Waals surface area contributed by atoms with Crippen LogP contribution in [0, 0.1) is 10.1 Å². The molecular weight excluding hydrogens is 473 g/mol. The van der Waals surface area contributed by atoms with E-state index in [1.54, 1.807) is 0 Å². The summed E-state index contributed by atoms with van der Waals surface area (Å²) in [5.74, 6) is -2.48. The summed E-state index contributed by atoms with van der Waals surface area (Å²) in [5.41, 5.74) is -3.82. The van der Waals surface area contributed by atoms with E-state index < -0.39 is 55.5 Å². The summed E-state index contributed by atoms with van der Waals surface area (Å²) >= 11 is 0. The lowest BCUT2D eigenvalue weighted by molar-refractivity contribution is -0.386. The zero-order valence-electron chi connectivity index (χ0n) is 16.4. The van der Waals surface area contributed by atoms with Crippen LogP contribution in [0.25, 0.3) is 6.08 Å². The number of aromatic hydroxyl groups is 1. The molecule has 0 saturated heterocycles. The minimum absolute atomic E-state index is 0.188. The minimum atomic E-state index is -5.08. The van der Waals surface area contributed by atoms with Gasteiger partial charge in [-0.05, 0) is 42.0 Å². The van der Waals surface area contributed by atoms with E-state index in [9.17, 15) is 41.6 Å². The van der Waals surface area contributed by atoms with Crippen molar-refractivity contribution in [3.63, 3.8) is 0 Å². The second-order valence-corrected chi connectivity index (χ2v) is 8.07. The smallest absolute Gasteiger partial charge is 0.435 e. The molecule has 1 aliphatic heterocycles. The van der Waals surface area contributed by atoms with Crippen molar-refractivity contribution in [1.29, 1.82) is 0 Å². The van der Waals surface area contributed by atoms with Gasteiger partial charge in [0.05, 0.1) is 28.2 Å². The van der Waals surface area contributed by atoms with E-state index in [1.807, 2.05) is 0 Å². The van der Waals surface area contributed by atoms with Gasteiger partial charge in [0.2, 0.25) is 15.8 Å². The standard InChI is InChI=1S/C18H13F3N4O7S/c1-32-14-8-9(7-13(15(14)26)25(28)29)6-12-16(18(19,20)21)23-24(17(12)27)10-2-4-11(5-3-10)33(22,30)31/h2-8,26H,1H3,(H2,22,30,31)/b12-6-. The number of anilines is 1. The third-order valence-electron chi connectivity index (χ3n) is 4.36. The van der Waals surface area contributed by atoms with Gasteiger partial charge in [0.15, 0.2) is 11.5 Å². The Morgan fingerprint density at radius 2 is 1.85 bits per heavy atom. The van der Waals surface area contributed by atoms with Gasteiger partial charge in [-0.25, -0.2) is 13.6 Å². The van der Waals surface area contributed by atoms with Gasteiger partial charge in [-0.15, -0.1) is 0 Å². The molecule has 0 atom stereocenters. The Bertz CT molecular complexity index is 1320. The van der Waals surface area contributed by atoms with Gasteiger partial charge in [0.1, 0.15) is 0 Å². The van der Waals surface area contributed by atoms with Crippen molar-refractivity contribution in [3.05, 3.63) is 57.6 Å². The SMILES string of the molecule is COc1cc(/C=C2\C(=O)N(c3ccc(S(N)(=O)=O)cc3)N=C2C(F)(F)F)cc([N+](=O)[O-])c1O. The normalized spacial score (nSPS) is 15.7. The van der Waals surface area contributed by atoms with Crippen LogP contribution < -0.4 is 14.9 Å². The molecule has 0 radical (unpaired) electrons. The van der Waals surface area contributed by atoms with Gasteiger partial charge in [-0.2, -0.15) is 23.3 Å². The maximum atomic E-state index is 13.6. The number of carbonyl (C=O) groups excluding carboxylic acids is 1. The summed E-state index contributed by atoms with van der Waals surface area (Å²) in [7, 11) is -3.01. The first kappa shape index (κ1) is 23.7. The summed E-state index contributed by atoms with van der Waals surface area (Å²) in [5, 5.41) is 29.7. The van der Waals surface area contributed by atoms with Gasteiger partial charge < -0.3 is 9.84 Å². The van der Waals surface area contributed by atoms with E-state index in [-0.39, 0.29) is 16.1 Å². The number of benzene rings is 2. The van der Waals surface area contributed by atoms with E-state index >= 15 is 0 Å². The quantitative estimate of drug-likeness (QED) is 0.372. The number of ether oxygens (including phenoxy) is 1. The molecule has 0 saturated carbocycles. The summed E-state index contributed by atoms with van der Waals surface area (Å²) in [6.07, 6.45) is -4.37. The minimum Gasteiger partial charge on any atom is -0.500 e. The molecule has 174 valence electrons. The van der Waals surface area contributed by atoms with Crippen molar-refractivity contribution in [1.82, 2.24) is 0 Å². The molecule has 3 rings (SSSR count). The molecule has 0 unspecified atom stereocenters. The van der Waals surface area contributed by atoms with Crippen LogP contribution in [0.15, 0.2) is 52.0 Å². The molecule has 11 nitrogen and oxygen atoms in total. The number of sulfonamides is 1. The summed E-state index contributed by atoms with van der Waals surface area (Å²) in [4.78, 5) is 22.6. The monoisotopic (exact) mass is 486 g/mol. The number of hydrazone groups is 1. The van der Waals surface area contributed by atoms with Gasteiger partial charge >= 0.3 is 11.9 Å². The molecule has 0 aromatic heterocycles. The number of methoxy groups -OCH3 is 1. The van der Waals surface area contributed by atoms with E-state index in [2.05, 4.69) is 5.10 Å². The Balaban J connectivity index is 2.12. The number of nitrogens with zero attached hydrogens (tertiary/aromatic N) is 3. The largest absolute Gasteiger partial charge is 0.500 e. The molecule has 3 N–H and O–H groups in total. The van der Waals surface area contributed by atoms with Crippen molar-refractivity contribution in [3.8, 4) is 11.5 Å². The number of phenols is 1. The average Bonchev–Trinajstić information content (AvgIpc) is 3.05. The molecular formula is C18H13F3N4O7S. The maximum Gasteiger partial charge on any atom is 0.435 e.